The second kappa shape index (κ2) is 9.82. The molecule has 0 radical (unpaired) electrons. The van der Waals surface area contributed by atoms with E-state index in [0.717, 1.165) is 12.1 Å². The fraction of sp³-hybridized carbons (Fsp3) is 0.238. The number of alkyl halides is 3. The summed E-state index contributed by atoms with van der Waals surface area (Å²) >= 11 is 0. The van der Waals surface area contributed by atoms with E-state index in [-0.39, 0.29) is 29.4 Å². The minimum Gasteiger partial charge on any atom is -0.462 e. The molecular weight excluding hydrogens is 405 g/mol. The molecule has 0 aliphatic heterocycles. The van der Waals surface area contributed by atoms with Crippen LogP contribution >= 0.6 is 0 Å². The van der Waals surface area contributed by atoms with Gasteiger partial charge in [-0.25, -0.2) is 4.79 Å². The molecule has 2 aromatic carbocycles. The molecule has 0 heterocycles. The maximum atomic E-state index is 12.3. The summed E-state index contributed by atoms with van der Waals surface area (Å²) in [5.74, 6) is -0.839. The summed E-state index contributed by atoms with van der Waals surface area (Å²) in [6.45, 7) is 4.49. The van der Waals surface area contributed by atoms with E-state index in [0.29, 0.717) is 11.3 Å². The van der Waals surface area contributed by atoms with Crippen molar-refractivity contribution in [2.24, 2.45) is 0 Å². The van der Waals surface area contributed by atoms with Gasteiger partial charge in [0, 0.05) is 6.92 Å². The lowest BCUT2D eigenvalue weighted by Crippen LogP contribution is -2.16. The third kappa shape index (κ3) is 6.84. The van der Waals surface area contributed by atoms with Crippen molar-refractivity contribution in [1.29, 1.82) is 0 Å². The highest BCUT2D eigenvalue weighted by Gasteiger charge is 2.31. The minimum atomic E-state index is -4.77. The predicted molar refractivity (Wildman–Crippen MR) is 101 cm³/mol. The van der Waals surface area contributed by atoms with Gasteiger partial charge in [-0.15, -0.1) is 13.2 Å². The van der Waals surface area contributed by atoms with Crippen molar-refractivity contribution in [2.75, 3.05) is 6.61 Å². The van der Waals surface area contributed by atoms with Crippen LogP contribution in [-0.2, 0) is 19.1 Å². The summed E-state index contributed by atoms with van der Waals surface area (Å²) in [5, 5.41) is 0. The van der Waals surface area contributed by atoms with Crippen LogP contribution in [-0.4, -0.2) is 24.9 Å². The van der Waals surface area contributed by atoms with Crippen LogP contribution in [0.5, 0.6) is 17.2 Å². The molecule has 0 N–H and O–H groups in total. The van der Waals surface area contributed by atoms with Crippen molar-refractivity contribution >= 4 is 17.5 Å². The summed E-state index contributed by atoms with van der Waals surface area (Å²) < 4.78 is 56.0. The zero-order chi connectivity index (χ0) is 22.3. The first-order chi connectivity index (χ1) is 14.1. The lowest BCUT2D eigenvalue weighted by molar-refractivity contribution is -0.274. The summed E-state index contributed by atoms with van der Waals surface area (Å²) in [6, 6.07) is 11.1. The number of halogens is 3. The Morgan fingerprint density at radius 2 is 1.37 bits per heavy atom. The normalized spacial score (nSPS) is 11.9. The second-order valence-electron chi connectivity index (χ2n) is 5.89. The third-order valence-electron chi connectivity index (χ3n) is 3.56. The average Bonchev–Trinajstić information content (AvgIpc) is 2.63. The Labute approximate surface area is 170 Å². The molecule has 0 unspecified atom stereocenters. The van der Waals surface area contributed by atoms with Crippen molar-refractivity contribution in [3.63, 3.8) is 0 Å². The molecule has 0 saturated carbocycles. The van der Waals surface area contributed by atoms with Gasteiger partial charge < -0.3 is 18.9 Å². The molecule has 0 spiro atoms. The highest BCUT2D eigenvalue weighted by molar-refractivity contribution is 6.17. The molecule has 6 nitrogen and oxygen atoms in total. The lowest BCUT2D eigenvalue weighted by atomic mass is 10.0. The number of ether oxygens (including phenoxy) is 4. The van der Waals surface area contributed by atoms with Crippen LogP contribution in [0, 0.1) is 0 Å². The summed E-state index contributed by atoms with van der Waals surface area (Å²) in [5.41, 5.74) is 0.528. The molecule has 0 fully saturated rings. The fourth-order valence-electron chi connectivity index (χ4n) is 2.47. The number of carbonyl (C=O) groups excluding carboxylic acids is 2. The molecule has 160 valence electrons. The van der Waals surface area contributed by atoms with E-state index in [2.05, 4.69) is 4.74 Å². The number of allylic oxidation sites excluding steroid dienone is 1. The van der Waals surface area contributed by atoms with Crippen molar-refractivity contribution in [3.8, 4) is 17.2 Å². The van der Waals surface area contributed by atoms with E-state index in [1.165, 1.54) is 26.0 Å². The highest BCUT2D eigenvalue weighted by atomic mass is 19.4. The maximum absolute atomic E-state index is 12.3. The van der Waals surface area contributed by atoms with E-state index in [4.69, 9.17) is 14.2 Å². The van der Waals surface area contributed by atoms with Gasteiger partial charge >= 0.3 is 18.3 Å². The van der Waals surface area contributed by atoms with Crippen LogP contribution in [0.2, 0.25) is 0 Å². The van der Waals surface area contributed by atoms with Crippen molar-refractivity contribution in [2.45, 2.75) is 27.1 Å². The van der Waals surface area contributed by atoms with E-state index < -0.39 is 18.3 Å². The van der Waals surface area contributed by atoms with Gasteiger partial charge in [-0.1, -0.05) is 12.1 Å². The zero-order valence-electron chi connectivity index (χ0n) is 16.4. The monoisotopic (exact) mass is 424 g/mol. The Kier molecular flexibility index (Phi) is 7.46. The Bertz CT molecular complexity index is 915. The van der Waals surface area contributed by atoms with Crippen LogP contribution in [0.1, 0.15) is 26.3 Å². The van der Waals surface area contributed by atoms with Gasteiger partial charge in [0.05, 0.1) is 6.61 Å². The zero-order valence-corrected chi connectivity index (χ0v) is 16.4. The number of hydrogen-bond acceptors (Lipinski definition) is 6. The highest BCUT2D eigenvalue weighted by Crippen LogP contribution is 2.29. The Balaban J connectivity index is 2.19. The van der Waals surface area contributed by atoms with Gasteiger partial charge in [0.15, 0.2) is 0 Å². The molecule has 0 aliphatic rings. The fourth-order valence-corrected chi connectivity index (χ4v) is 2.47. The van der Waals surface area contributed by atoms with Gasteiger partial charge in [0.1, 0.15) is 28.6 Å². The molecule has 2 rings (SSSR count). The predicted octanol–water partition coefficient (Wildman–Crippen LogP) is 5.23. The quantitative estimate of drug-likeness (QED) is 0.344. The first-order valence-electron chi connectivity index (χ1n) is 8.79. The molecule has 0 saturated heterocycles. The molecule has 9 heteroatoms. The number of carbonyl (C=O) groups is 2. The number of hydrogen-bond donors (Lipinski definition) is 0. The van der Waals surface area contributed by atoms with Crippen molar-refractivity contribution in [1.82, 2.24) is 0 Å². The number of rotatable bonds is 7. The molecule has 30 heavy (non-hydrogen) atoms. The number of esters is 2. The standard InChI is InChI=1S/C21H19F3O6/c1-4-27-20(26)19(13(2)28-14(3)25)15-5-7-16(8-6-15)29-17-9-11-18(12-10-17)30-21(22,23)24/h5-12H,4H2,1-3H3/b19-13+. The van der Waals surface area contributed by atoms with Gasteiger partial charge in [-0.05, 0) is 55.8 Å². The Hall–Kier alpha value is -3.49. The summed E-state index contributed by atoms with van der Waals surface area (Å²) in [7, 11) is 0. The smallest absolute Gasteiger partial charge is 0.462 e. The van der Waals surface area contributed by atoms with Gasteiger partial charge in [0.2, 0.25) is 0 Å². The van der Waals surface area contributed by atoms with Gasteiger partial charge in [-0.2, -0.15) is 0 Å². The average molecular weight is 424 g/mol. The topological polar surface area (TPSA) is 71.1 Å². The Morgan fingerprint density at radius 3 is 1.83 bits per heavy atom. The largest absolute Gasteiger partial charge is 0.573 e. The summed E-state index contributed by atoms with van der Waals surface area (Å²) in [6.07, 6.45) is -4.77. The third-order valence-corrected chi connectivity index (χ3v) is 3.56. The lowest BCUT2D eigenvalue weighted by Gasteiger charge is -2.12. The second-order valence-corrected chi connectivity index (χ2v) is 5.89. The Morgan fingerprint density at radius 1 is 0.867 bits per heavy atom. The first-order valence-corrected chi connectivity index (χ1v) is 8.79. The maximum Gasteiger partial charge on any atom is 0.573 e. The first kappa shape index (κ1) is 22.8. The van der Waals surface area contributed by atoms with Crippen LogP contribution < -0.4 is 9.47 Å². The molecule has 0 aromatic heterocycles. The molecular formula is C21H19F3O6. The molecule has 0 aliphatic carbocycles. The van der Waals surface area contributed by atoms with Crippen LogP contribution in [0.4, 0.5) is 13.2 Å². The van der Waals surface area contributed by atoms with E-state index >= 15 is 0 Å². The van der Waals surface area contributed by atoms with E-state index in [1.54, 1.807) is 31.2 Å². The van der Waals surface area contributed by atoms with E-state index in [9.17, 15) is 22.8 Å². The van der Waals surface area contributed by atoms with E-state index in [1.807, 2.05) is 0 Å². The summed E-state index contributed by atoms with van der Waals surface area (Å²) in [4.78, 5) is 23.5. The van der Waals surface area contributed by atoms with Gasteiger partial charge in [-0.3, -0.25) is 4.79 Å². The molecule has 0 amide bonds. The van der Waals surface area contributed by atoms with Crippen molar-refractivity contribution in [3.05, 3.63) is 59.9 Å². The SMILES string of the molecule is CCOC(=O)/C(=C(\C)OC(C)=O)c1ccc(Oc2ccc(OC(F)(F)F)cc2)cc1. The number of benzene rings is 2. The van der Waals surface area contributed by atoms with Gasteiger partial charge in [0.25, 0.3) is 0 Å². The van der Waals surface area contributed by atoms with Crippen LogP contribution in [0.25, 0.3) is 5.57 Å². The molecule has 0 bridgehead atoms. The molecule has 0 atom stereocenters. The van der Waals surface area contributed by atoms with Crippen molar-refractivity contribution < 1.29 is 41.7 Å². The van der Waals surface area contributed by atoms with Crippen LogP contribution in [0.3, 0.4) is 0 Å². The van der Waals surface area contributed by atoms with Crippen LogP contribution in [0.15, 0.2) is 54.3 Å². The minimum absolute atomic E-state index is 0.0900. The molecule has 2 aromatic rings.